The summed E-state index contributed by atoms with van der Waals surface area (Å²) in [6.45, 7) is 5.72. The third kappa shape index (κ3) is 4.97. The van der Waals surface area contributed by atoms with Crippen molar-refractivity contribution in [3.63, 3.8) is 0 Å². The molecule has 0 atom stereocenters. The van der Waals surface area contributed by atoms with E-state index in [2.05, 4.69) is 84.4 Å². The van der Waals surface area contributed by atoms with Crippen LogP contribution in [0.5, 0.6) is 0 Å². The van der Waals surface area contributed by atoms with Gasteiger partial charge in [-0.1, -0.05) is 127 Å². The second-order valence-corrected chi connectivity index (χ2v) is 9.54. The Morgan fingerprint density at radius 1 is 0.850 bits per heavy atom. The average molecular weight is 542 g/mol. The Balaban J connectivity index is 1.65. The van der Waals surface area contributed by atoms with Crippen LogP contribution >= 0.6 is 11.6 Å². The number of carbonyl (C=O) groups is 1. The van der Waals surface area contributed by atoms with Crippen molar-refractivity contribution < 1.29 is 4.79 Å². The van der Waals surface area contributed by atoms with Crippen molar-refractivity contribution in [2.75, 3.05) is 0 Å². The number of benzene rings is 3. The first-order chi connectivity index (χ1) is 19.6. The Bertz CT molecular complexity index is 1570. The lowest BCUT2D eigenvalue weighted by Gasteiger charge is -2.36. The molecule has 5 rings (SSSR count). The van der Waals surface area contributed by atoms with Crippen molar-refractivity contribution in [2.24, 2.45) is 0 Å². The summed E-state index contributed by atoms with van der Waals surface area (Å²) in [6.07, 6.45) is 8.37. The highest BCUT2D eigenvalue weighted by molar-refractivity contribution is 6.25. The van der Waals surface area contributed by atoms with E-state index < -0.39 is 5.54 Å². The molecule has 4 nitrogen and oxygen atoms in total. The van der Waals surface area contributed by atoms with Gasteiger partial charge >= 0.3 is 0 Å². The smallest absolute Gasteiger partial charge is 0.194 e. The molecule has 3 aromatic carbocycles. The Morgan fingerprint density at radius 3 is 1.85 bits per heavy atom. The van der Waals surface area contributed by atoms with Gasteiger partial charge in [0.1, 0.15) is 5.54 Å². The van der Waals surface area contributed by atoms with Gasteiger partial charge in [0.25, 0.3) is 0 Å². The SMILES string of the molecule is C=CC(=CC=CCl)C(=O)c1ccc(-c2cn(C(c3ccccc3)(c3ccccc3)c3ccccc3)nc2C)nc1. The zero-order valence-electron chi connectivity index (χ0n) is 22.1. The minimum atomic E-state index is -0.720. The minimum Gasteiger partial charge on any atom is -0.289 e. The summed E-state index contributed by atoms with van der Waals surface area (Å²) in [7, 11) is 0. The quantitative estimate of drug-likeness (QED) is 0.0818. The lowest BCUT2D eigenvalue weighted by Crippen LogP contribution is -2.38. The number of carbonyl (C=O) groups excluding carboxylic acids is 1. The largest absolute Gasteiger partial charge is 0.289 e. The highest BCUT2D eigenvalue weighted by Crippen LogP contribution is 2.41. The maximum absolute atomic E-state index is 12.9. The van der Waals surface area contributed by atoms with E-state index in [1.807, 2.05) is 42.1 Å². The standard InChI is InChI=1S/C35H28ClN3O/c1-3-27(14-13-23-36)34(40)28-21-22-33(37-24-28)32-25-39(38-26(32)2)35(29-15-7-4-8-16-29,30-17-9-5-10-18-30)31-19-11-6-12-20-31/h3-25H,1H2,2H3. The summed E-state index contributed by atoms with van der Waals surface area (Å²) in [6, 6.07) is 34.9. The molecule has 40 heavy (non-hydrogen) atoms. The highest BCUT2D eigenvalue weighted by atomic mass is 35.5. The maximum Gasteiger partial charge on any atom is 0.194 e. The topological polar surface area (TPSA) is 47.8 Å². The first kappa shape index (κ1) is 26.8. The Labute approximate surface area is 239 Å². The monoisotopic (exact) mass is 541 g/mol. The average Bonchev–Trinajstić information content (AvgIpc) is 3.41. The van der Waals surface area contributed by atoms with E-state index in [1.165, 1.54) is 11.6 Å². The van der Waals surface area contributed by atoms with Gasteiger partial charge in [-0.3, -0.25) is 14.5 Å². The molecule has 0 saturated carbocycles. The third-order valence-electron chi connectivity index (χ3n) is 6.95. The molecule has 5 aromatic rings. The van der Waals surface area contributed by atoms with Crippen LogP contribution < -0.4 is 0 Å². The van der Waals surface area contributed by atoms with E-state index in [4.69, 9.17) is 16.7 Å². The summed E-state index contributed by atoms with van der Waals surface area (Å²) < 4.78 is 2.04. The van der Waals surface area contributed by atoms with E-state index in [0.717, 1.165) is 33.6 Å². The molecule has 0 bridgehead atoms. The van der Waals surface area contributed by atoms with Gasteiger partial charge in [0.05, 0.1) is 11.4 Å². The molecule has 0 aliphatic carbocycles. The Hall–Kier alpha value is -4.80. The van der Waals surface area contributed by atoms with Crippen LogP contribution in [0.1, 0.15) is 32.7 Å². The molecule has 2 heterocycles. The number of pyridine rings is 1. The van der Waals surface area contributed by atoms with E-state index in [-0.39, 0.29) is 5.78 Å². The van der Waals surface area contributed by atoms with Crippen LogP contribution in [-0.4, -0.2) is 20.5 Å². The summed E-state index contributed by atoms with van der Waals surface area (Å²) in [5.74, 6) is -0.174. The number of aryl methyl sites for hydroxylation is 1. The summed E-state index contributed by atoms with van der Waals surface area (Å²) >= 11 is 5.62. The predicted octanol–water partition coefficient (Wildman–Crippen LogP) is 8.14. The molecule has 0 N–H and O–H groups in total. The van der Waals surface area contributed by atoms with Crippen LogP contribution in [0.3, 0.4) is 0 Å². The van der Waals surface area contributed by atoms with Crippen LogP contribution in [0.25, 0.3) is 11.3 Å². The van der Waals surface area contributed by atoms with Gasteiger partial charge in [0.2, 0.25) is 0 Å². The molecule has 0 aliphatic heterocycles. The first-order valence-electron chi connectivity index (χ1n) is 12.9. The van der Waals surface area contributed by atoms with Gasteiger partial charge in [-0.05, 0) is 35.7 Å². The molecule has 196 valence electrons. The summed E-state index contributed by atoms with van der Waals surface area (Å²) in [5.41, 5.74) is 7.24. The van der Waals surface area contributed by atoms with E-state index in [0.29, 0.717) is 11.1 Å². The van der Waals surface area contributed by atoms with Crippen molar-refractivity contribution in [1.29, 1.82) is 0 Å². The van der Waals surface area contributed by atoms with E-state index in [1.54, 1.807) is 24.4 Å². The van der Waals surface area contributed by atoms with E-state index >= 15 is 0 Å². The number of Topliss-reactive ketones (excluding diaryl/α,β-unsaturated/α-hetero) is 1. The number of hydrogen-bond donors (Lipinski definition) is 0. The molecule has 5 heteroatoms. The third-order valence-corrected chi connectivity index (χ3v) is 7.09. The van der Waals surface area contributed by atoms with Gasteiger partial charge in [0.15, 0.2) is 5.78 Å². The maximum atomic E-state index is 12.9. The van der Waals surface area contributed by atoms with Gasteiger partial charge < -0.3 is 0 Å². The number of nitrogens with zero attached hydrogens (tertiary/aromatic N) is 3. The molecular formula is C35H28ClN3O. The van der Waals surface area contributed by atoms with Crippen molar-refractivity contribution in [2.45, 2.75) is 12.5 Å². The number of aromatic nitrogens is 3. The van der Waals surface area contributed by atoms with Gasteiger partial charge in [-0.2, -0.15) is 5.10 Å². The molecule has 0 unspecified atom stereocenters. The Kier molecular flexibility index (Phi) is 7.99. The van der Waals surface area contributed by atoms with Crippen LogP contribution in [0.15, 0.2) is 151 Å². The van der Waals surface area contributed by atoms with Crippen molar-refractivity contribution in [1.82, 2.24) is 14.8 Å². The fourth-order valence-corrected chi connectivity index (χ4v) is 5.12. The normalized spacial score (nSPS) is 12.0. The van der Waals surface area contributed by atoms with Crippen LogP contribution in [-0.2, 0) is 5.54 Å². The fourth-order valence-electron chi connectivity index (χ4n) is 5.05. The van der Waals surface area contributed by atoms with Crippen LogP contribution in [0, 0.1) is 6.92 Å². The second kappa shape index (κ2) is 11.9. The summed E-state index contributed by atoms with van der Waals surface area (Å²) in [4.78, 5) is 17.6. The minimum absolute atomic E-state index is 0.174. The number of rotatable bonds is 9. The van der Waals surface area contributed by atoms with E-state index in [9.17, 15) is 4.79 Å². The first-order valence-corrected chi connectivity index (χ1v) is 13.4. The number of ketones is 1. The zero-order chi connectivity index (χ0) is 28.0. The predicted molar refractivity (Wildman–Crippen MR) is 162 cm³/mol. The number of halogens is 1. The lowest BCUT2D eigenvalue weighted by atomic mass is 9.77. The van der Waals surface area contributed by atoms with Crippen molar-refractivity contribution >= 4 is 17.4 Å². The number of hydrogen-bond acceptors (Lipinski definition) is 3. The fraction of sp³-hybridized carbons (Fsp3) is 0.0571. The van der Waals surface area contributed by atoms with Crippen molar-refractivity contribution in [3.05, 3.63) is 179 Å². The molecule has 0 saturated heterocycles. The second-order valence-electron chi connectivity index (χ2n) is 9.29. The van der Waals surface area contributed by atoms with Crippen molar-refractivity contribution in [3.8, 4) is 11.3 Å². The van der Waals surface area contributed by atoms with Crippen LogP contribution in [0.4, 0.5) is 0 Å². The molecule has 0 aliphatic rings. The van der Waals surface area contributed by atoms with Crippen LogP contribution in [0.2, 0.25) is 0 Å². The lowest BCUT2D eigenvalue weighted by molar-refractivity contribution is 0.103. The number of allylic oxidation sites excluding steroid dienone is 4. The molecule has 0 amide bonds. The molecule has 0 fully saturated rings. The molecule has 0 radical (unpaired) electrons. The molecule has 0 spiro atoms. The molecule has 2 aromatic heterocycles. The highest BCUT2D eigenvalue weighted by Gasteiger charge is 2.39. The zero-order valence-corrected chi connectivity index (χ0v) is 22.9. The van der Waals surface area contributed by atoms with Gasteiger partial charge in [0, 0.05) is 34.6 Å². The molecular weight excluding hydrogens is 514 g/mol. The summed E-state index contributed by atoms with van der Waals surface area (Å²) in [5, 5.41) is 5.09. The Morgan fingerprint density at radius 2 is 1.40 bits per heavy atom. The van der Waals surface area contributed by atoms with Gasteiger partial charge in [-0.15, -0.1) is 0 Å². The van der Waals surface area contributed by atoms with Gasteiger partial charge in [-0.25, -0.2) is 0 Å².